The lowest BCUT2D eigenvalue weighted by Crippen LogP contribution is -2.55. The lowest BCUT2D eigenvalue weighted by Gasteiger charge is -2.56. The van der Waals surface area contributed by atoms with E-state index >= 15 is 0 Å². The third-order valence-electron chi connectivity index (χ3n) is 12.3. The van der Waals surface area contributed by atoms with Gasteiger partial charge in [0.2, 0.25) is 0 Å². The van der Waals surface area contributed by atoms with E-state index < -0.39 is 6.10 Å². The van der Waals surface area contributed by atoms with Gasteiger partial charge in [0.15, 0.2) is 0 Å². The second kappa shape index (κ2) is 11.1. The van der Waals surface area contributed by atoms with E-state index in [-0.39, 0.29) is 41.0 Å². The highest BCUT2D eigenvalue weighted by Gasteiger charge is 2.63. The number of hydrogen-bond donors (Lipinski definition) is 1. The fourth-order valence-electron chi connectivity index (χ4n) is 9.82. The Labute approximate surface area is 225 Å². The molecule has 4 rings (SSSR count). The summed E-state index contributed by atoms with van der Waals surface area (Å²) >= 11 is 0. The van der Waals surface area contributed by atoms with Gasteiger partial charge in [-0.3, -0.25) is 4.79 Å². The summed E-state index contributed by atoms with van der Waals surface area (Å²) in [6.07, 6.45) is 5.10. The highest BCUT2D eigenvalue weighted by Crippen LogP contribution is 2.66. The average molecular weight is 523 g/mol. The Hall–Kier alpha value is -0.690. The molecule has 1 saturated heterocycles. The average Bonchev–Trinajstić information content (AvgIpc) is 3.18. The van der Waals surface area contributed by atoms with Gasteiger partial charge in [-0.25, -0.2) is 0 Å². The van der Waals surface area contributed by atoms with Crippen LogP contribution in [-0.2, 0) is 23.7 Å². The maximum Gasteiger partial charge on any atom is 0.309 e. The monoisotopic (exact) mass is 522 g/mol. The van der Waals surface area contributed by atoms with Gasteiger partial charge in [-0.2, -0.15) is 0 Å². The van der Waals surface area contributed by atoms with Gasteiger partial charge in [-0.15, -0.1) is 0 Å². The lowest BCUT2D eigenvalue weighted by molar-refractivity contribution is -0.164. The van der Waals surface area contributed by atoms with Crippen LogP contribution in [0.25, 0.3) is 0 Å². The molecule has 1 aliphatic heterocycles. The van der Waals surface area contributed by atoms with Crippen molar-refractivity contribution >= 4 is 5.97 Å². The predicted octanol–water partition coefficient (Wildman–Crippen LogP) is 5.35. The van der Waals surface area contributed by atoms with Crippen molar-refractivity contribution in [3.05, 3.63) is 0 Å². The maximum absolute atomic E-state index is 13.2. The van der Waals surface area contributed by atoms with Crippen molar-refractivity contribution in [2.45, 2.75) is 104 Å². The van der Waals surface area contributed by atoms with Gasteiger partial charge in [-0.1, -0.05) is 41.5 Å². The van der Waals surface area contributed by atoms with Crippen LogP contribution in [0.4, 0.5) is 0 Å². The molecule has 3 aliphatic carbocycles. The Morgan fingerprint density at radius 3 is 2.19 bits per heavy atom. The van der Waals surface area contributed by atoms with Crippen LogP contribution in [0.3, 0.4) is 0 Å². The van der Waals surface area contributed by atoms with E-state index in [1.807, 2.05) is 14.2 Å². The number of hydrogen-bond acceptors (Lipinski definition) is 6. The van der Waals surface area contributed by atoms with Crippen molar-refractivity contribution in [2.75, 3.05) is 27.9 Å². The second-order valence-electron chi connectivity index (χ2n) is 13.9. The normalized spacial score (nSPS) is 45.2. The van der Waals surface area contributed by atoms with Crippen molar-refractivity contribution < 1.29 is 28.8 Å². The van der Waals surface area contributed by atoms with Crippen molar-refractivity contribution in [3.63, 3.8) is 0 Å². The number of methoxy groups -OCH3 is 3. The smallest absolute Gasteiger partial charge is 0.309 e. The summed E-state index contributed by atoms with van der Waals surface area (Å²) in [4.78, 5) is 13.2. The maximum atomic E-state index is 13.2. The van der Waals surface area contributed by atoms with Gasteiger partial charge in [-0.05, 0) is 90.8 Å². The number of fused-ring (bicyclic) bond motifs is 5. The molecule has 214 valence electrons. The highest BCUT2D eigenvalue weighted by atomic mass is 16.5. The van der Waals surface area contributed by atoms with Crippen LogP contribution in [0.2, 0.25) is 0 Å². The summed E-state index contributed by atoms with van der Waals surface area (Å²) in [7, 11) is 5.37. The molecule has 1 unspecified atom stereocenters. The summed E-state index contributed by atoms with van der Waals surface area (Å²) < 4.78 is 24.0. The van der Waals surface area contributed by atoms with Gasteiger partial charge in [0, 0.05) is 21.3 Å². The van der Waals surface area contributed by atoms with Gasteiger partial charge < -0.3 is 24.1 Å². The zero-order chi connectivity index (χ0) is 27.3. The zero-order valence-electron chi connectivity index (χ0n) is 24.9. The van der Waals surface area contributed by atoms with Crippen LogP contribution in [0.15, 0.2) is 0 Å². The number of cyclic esters (lactones) is 1. The molecule has 6 nitrogen and oxygen atoms in total. The quantitative estimate of drug-likeness (QED) is 0.433. The Morgan fingerprint density at radius 2 is 1.59 bits per heavy atom. The first-order chi connectivity index (χ1) is 17.4. The summed E-state index contributed by atoms with van der Waals surface area (Å²) in [5.74, 6) is 2.79. The molecule has 4 fully saturated rings. The van der Waals surface area contributed by atoms with Crippen molar-refractivity contribution in [3.8, 4) is 0 Å². The minimum absolute atomic E-state index is 0.0526. The summed E-state index contributed by atoms with van der Waals surface area (Å²) in [6, 6.07) is 0. The molecule has 3 saturated carbocycles. The van der Waals surface area contributed by atoms with Crippen molar-refractivity contribution in [1.29, 1.82) is 0 Å². The molecule has 6 heteroatoms. The highest BCUT2D eigenvalue weighted by molar-refractivity contribution is 5.74. The molecule has 37 heavy (non-hydrogen) atoms. The van der Waals surface area contributed by atoms with Crippen LogP contribution in [0.1, 0.15) is 80.1 Å². The lowest BCUT2D eigenvalue weighted by atomic mass is 9.48. The Kier molecular flexibility index (Phi) is 8.76. The van der Waals surface area contributed by atoms with Crippen LogP contribution < -0.4 is 0 Å². The van der Waals surface area contributed by atoms with E-state index in [1.165, 1.54) is 19.3 Å². The molecule has 0 radical (unpaired) electrons. The van der Waals surface area contributed by atoms with Crippen molar-refractivity contribution in [2.24, 2.45) is 58.2 Å². The number of aliphatic hydroxyl groups excluding tert-OH is 1. The minimum atomic E-state index is -0.606. The fraction of sp³-hybridized carbons (Fsp3) is 0.968. The summed E-state index contributed by atoms with van der Waals surface area (Å²) in [6.45, 7) is 14.5. The standard InChI is InChI=1S/C31H54O6/c1-17(2)18(3)27(35-8)28(36-9)19(4)21-10-11-22-20-16-37-29(33)24-14-25(32)26(34-7)15-31(24,6)23(20)12-13-30(21,22)5/h17-28,32H,10-16H2,1-9H3/t18-,19-,20-,21+,22-,23-,24?,25-,26+,27+,28+,30+,31+/m0/s1. The van der Waals surface area contributed by atoms with Crippen molar-refractivity contribution in [1.82, 2.24) is 0 Å². The Morgan fingerprint density at radius 1 is 0.946 bits per heavy atom. The largest absolute Gasteiger partial charge is 0.465 e. The molecule has 0 aromatic heterocycles. The van der Waals surface area contributed by atoms with Gasteiger partial charge >= 0.3 is 5.97 Å². The van der Waals surface area contributed by atoms with Crippen LogP contribution >= 0.6 is 0 Å². The Balaban J connectivity index is 1.60. The van der Waals surface area contributed by atoms with E-state index in [2.05, 4.69) is 41.5 Å². The first-order valence-corrected chi connectivity index (χ1v) is 14.9. The van der Waals surface area contributed by atoms with E-state index in [9.17, 15) is 9.90 Å². The topological polar surface area (TPSA) is 74.2 Å². The number of rotatable bonds is 8. The summed E-state index contributed by atoms with van der Waals surface area (Å²) in [5.41, 5.74) is -0.0136. The first kappa shape index (κ1) is 29.3. The summed E-state index contributed by atoms with van der Waals surface area (Å²) in [5, 5.41) is 10.7. The van der Waals surface area contributed by atoms with Gasteiger partial charge in [0.25, 0.3) is 0 Å². The molecule has 13 atom stereocenters. The molecule has 0 aromatic carbocycles. The van der Waals surface area contributed by atoms with E-state index in [1.54, 1.807) is 7.11 Å². The minimum Gasteiger partial charge on any atom is -0.465 e. The molecule has 1 N–H and O–H groups in total. The molecule has 0 aromatic rings. The Bertz CT molecular complexity index is 801. The zero-order valence-corrected chi connectivity index (χ0v) is 24.9. The number of carbonyl (C=O) groups excluding carboxylic acids is 1. The van der Waals surface area contributed by atoms with E-state index in [0.29, 0.717) is 54.5 Å². The van der Waals surface area contributed by atoms with Crippen LogP contribution in [-0.4, -0.2) is 63.4 Å². The molecule has 1 heterocycles. The molecule has 0 spiro atoms. The molecule has 4 aliphatic rings. The van der Waals surface area contributed by atoms with E-state index in [4.69, 9.17) is 18.9 Å². The molecule has 0 amide bonds. The third kappa shape index (κ3) is 4.80. The SMILES string of the molecule is CO[C@H]([C@@H](C)[C@H]1CC[C@H]2[C@@H]3COC(=O)C4C[C@H](O)[C@H](OC)C[C@]4(C)[C@H]3CC[C@]12C)[C@H](OC)[C@@H](C)C(C)C. The van der Waals surface area contributed by atoms with E-state index in [0.717, 1.165) is 12.8 Å². The molecular formula is C31H54O6. The number of carbonyl (C=O) groups is 1. The van der Waals surface area contributed by atoms with Gasteiger partial charge in [0.05, 0.1) is 36.9 Å². The molecular weight excluding hydrogens is 468 g/mol. The third-order valence-corrected chi connectivity index (χ3v) is 12.3. The predicted molar refractivity (Wildman–Crippen MR) is 144 cm³/mol. The van der Waals surface area contributed by atoms with Gasteiger partial charge in [0.1, 0.15) is 0 Å². The number of ether oxygens (including phenoxy) is 4. The fourth-order valence-corrected chi connectivity index (χ4v) is 9.82. The second-order valence-corrected chi connectivity index (χ2v) is 13.9. The number of esters is 1. The first-order valence-electron chi connectivity index (χ1n) is 14.9. The molecule has 0 bridgehead atoms. The van der Waals surface area contributed by atoms with Crippen LogP contribution in [0, 0.1) is 58.2 Å². The number of aliphatic hydroxyl groups is 1. The van der Waals surface area contributed by atoms with Crippen LogP contribution in [0.5, 0.6) is 0 Å².